The summed E-state index contributed by atoms with van der Waals surface area (Å²) in [4.78, 5) is 11.8. The van der Waals surface area contributed by atoms with Crippen LogP contribution in [0.4, 0.5) is 0 Å². The van der Waals surface area contributed by atoms with Gasteiger partial charge in [-0.2, -0.15) is 0 Å². The molecule has 0 aliphatic rings. The van der Waals surface area contributed by atoms with Crippen molar-refractivity contribution in [1.29, 1.82) is 0 Å². The first-order chi connectivity index (χ1) is 8.21. The zero-order valence-electron chi connectivity index (χ0n) is 10.2. The Hall–Kier alpha value is 0.560. The number of hydrogen-bond acceptors (Lipinski definition) is 6. The molecule has 0 saturated carbocycles. The van der Waals surface area contributed by atoms with E-state index in [2.05, 4.69) is 3.53 Å². The van der Waals surface area contributed by atoms with Crippen molar-refractivity contribution in [1.82, 2.24) is 3.53 Å². The Bertz CT molecular complexity index is 256. The van der Waals surface area contributed by atoms with Gasteiger partial charge in [0.15, 0.2) is 0 Å². The number of thioether (sulfide) groups is 2. The molecule has 17 heavy (non-hydrogen) atoms. The molecule has 4 nitrogen and oxygen atoms in total. The Balaban J connectivity index is 4.39. The van der Waals surface area contributed by atoms with Gasteiger partial charge in [0.2, 0.25) is 0 Å². The molecule has 1 N–H and O–H groups in total. The van der Waals surface area contributed by atoms with Crippen LogP contribution in [0.1, 0.15) is 6.92 Å². The third-order valence-electron chi connectivity index (χ3n) is 1.77. The van der Waals surface area contributed by atoms with E-state index in [9.17, 15) is 4.79 Å². The summed E-state index contributed by atoms with van der Waals surface area (Å²) in [6.45, 7) is 3.79. The van der Waals surface area contributed by atoms with Crippen LogP contribution in [0.3, 0.4) is 0 Å². The van der Waals surface area contributed by atoms with E-state index >= 15 is 0 Å². The Labute approximate surface area is 125 Å². The molecule has 7 heteroatoms. The van der Waals surface area contributed by atoms with Crippen molar-refractivity contribution in [2.75, 3.05) is 38.9 Å². The van der Waals surface area contributed by atoms with Crippen molar-refractivity contribution in [3.8, 4) is 0 Å². The molecule has 0 aliphatic carbocycles. The minimum absolute atomic E-state index is 0.271. The highest BCUT2D eigenvalue weighted by molar-refractivity contribution is 14.1. The molecule has 0 aromatic heterocycles. The summed E-state index contributed by atoms with van der Waals surface area (Å²) in [5.41, 5.74) is 0.677. The molecule has 0 rings (SSSR count). The van der Waals surface area contributed by atoms with Gasteiger partial charge in [0.05, 0.1) is 16.4 Å². The average Bonchev–Trinajstić information content (AvgIpc) is 2.34. The smallest absolute Gasteiger partial charge is 0.337 e. The topological polar surface area (TPSA) is 47.6 Å². The van der Waals surface area contributed by atoms with Crippen LogP contribution < -0.4 is 3.53 Å². The molecular formula is C10H18INO3S2. The second kappa shape index (κ2) is 11.6. The molecule has 100 valence electrons. The number of halogens is 1. The molecule has 0 amide bonds. The van der Waals surface area contributed by atoms with E-state index in [0.29, 0.717) is 31.9 Å². The lowest BCUT2D eigenvalue weighted by molar-refractivity contribution is -0.140. The highest BCUT2D eigenvalue weighted by Gasteiger charge is 2.15. The minimum atomic E-state index is -0.271. The molecule has 0 saturated heterocycles. The lowest BCUT2D eigenvalue weighted by atomic mass is 10.3. The van der Waals surface area contributed by atoms with Crippen molar-refractivity contribution in [3.05, 3.63) is 9.81 Å². The normalized spacial score (nSPS) is 10.1. The standard InChI is InChI=1S/C10H18INO3S2/c1-4-14-5-6-15-9(13)8(7-12-11)10(16-2)17-3/h12H,4-7H2,1-3H3. The van der Waals surface area contributed by atoms with Crippen LogP contribution in [0, 0.1) is 0 Å². The molecule has 0 radical (unpaired) electrons. The monoisotopic (exact) mass is 391 g/mol. The summed E-state index contributed by atoms with van der Waals surface area (Å²) in [5.74, 6) is -0.271. The molecular weight excluding hydrogens is 373 g/mol. The van der Waals surface area contributed by atoms with Crippen LogP contribution in [0.15, 0.2) is 9.81 Å². The van der Waals surface area contributed by atoms with Gasteiger partial charge in [0.1, 0.15) is 6.61 Å². The molecule has 0 atom stereocenters. The largest absolute Gasteiger partial charge is 0.460 e. The van der Waals surface area contributed by atoms with E-state index in [-0.39, 0.29) is 5.97 Å². The number of rotatable bonds is 9. The second-order valence-corrected chi connectivity index (χ2v) is 5.47. The van der Waals surface area contributed by atoms with Gasteiger partial charge in [0.25, 0.3) is 0 Å². The summed E-state index contributed by atoms with van der Waals surface area (Å²) < 4.78 is 14.2. The second-order valence-electron chi connectivity index (χ2n) is 2.82. The molecule has 0 heterocycles. The van der Waals surface area contributed by atoms with Gasteiger partial charge in [-0.05, 0) is 19.4 Å². The Morgan fingerprint density at radius 2 is 1.94 bits per heavy atom. The molecule has 0 fully saturated rings. The van der Waals surface area contributed by atoms with Gasteiger partial charge in [-0.3, -0.25) is 3.53 Å². The number of nitrogens with one attached hydrogen (secondary N) is 1. The number of carbonyl (C=O) groups is 1. The number of hydrogen-bond donors (Lipinski definition) is 1. The quantitative estimate of drug-likeness (QED) is 0.214. The van der Waals surface area contributed by atoms with E-state index in [0.717, 1.165) is 4.24 Å². The van der Waals surface area contributed by atoms with Crippen molar-refractivity contribution >= 4 is 52.4 Å². The summed E-state index contributed by atoms with van der Waals surface area (Å²) in [6, 6.07) is 0. The van der Waals surface area contributed by atoms with E-state index in [4.69, 9.17) is 9.47 Å². The minimum Gasteiger partial charge on any atom is -0.460 e. The summed E-state index contributed by atoms with van der Waals surface area (Å²) in [6.07, 6.45) is 3.90. The third-order valence-corrected chi connectivity index (χ3v) is 4.39. The van der Waals surface area contributed by atoms with Gasteiger partial charge in [0, 0.05) is 36.0 Å². The zero-order chi connectivity index (χ0) is 13.1. The maximum Gasteiger partial charge on any atom is 0.337 e. The molecule has 0 aromatic carbocycles. The first kappa shape index (κ1) is 17.6. The van der Waals surface area contributed by atoms with Gasteiger partial charge >= 0.3 is 5.97 Å². The lowest BCUT2D eigenvalue weighted by Gasteiger charge is -2.11. The first-order valence-corrected chi connectivity index (χ1v) is 8.63. The summed E-state index contributed by atoms with van der Waals surface area (Å²) >= 11 is 5.13. The van der Waals surface area contributed by atoms with E-state index < -0.39 is 0 Å². The molecule has 0 spiro atoms. The number of carbonyl (C=O) groups excluding carboxylic acids is 1. The van der Waals surface area contributed by atoms with Crippen LogP contribution in [-0.2, 0) is 14.3 Å². The van der Waals surface area contributed by atoms with Gasteiger partial charge in [-0.25, -0.2) is 4.79 Å². The van der Waals surface area contributed by atoms with Gasteiger partial charge < -0.3 is 9.47 Å². The fraction of sp³-hybridized carbons (Fsp3) is 0.700. The summed E-state index contributed by atoms with van der Waals surface area (Å²) in [5, 5.41) is 0. The Kier molecular flexibility index (Phi) is 12.0. The van der Waals surface area contributed by atoms with Gasteiger partial charge in [-0.15, -0.1) is 23.5 Å². The van der Waals surface area contributed by atoms with Crippen LogP contribution >= 0.6 is 46.4 Å². The molecule has 0 aromatic rings. The van der Waals surface area contributed by atoms with Gasteiger partial charge in [-0.1, -0.05) is 0 Å². The third kappa shape index (κ3) is 7.55. The molecule has 0 aliphatic heterocycles. The predicted octanol–water partition coefficient (Wildman–Crippen LogP) is 2.44. The van der Waals surface area contributed by atoms with Crippen LogP contribution in [0.5, 0.6) is 0 Å². The SMILES string of the molecule is CCOCCOC(=O)C(CNI)=C(SC)SC. The number of ether oxygens (including phenoxy) is 2. The van der Waals surface area contributed by atoms with Crippen molar-refractivity contribution < 1.29 is 14.3 Å². The Morgan fingerprint density at radius 1 is 1.29 bits per heavy atom. The highest BCUT2D eigenvalue weighted by Crippen LogP contribution is 2.27. The lowest BCUT2D eigenvalue weighted by Crippen LogP contribution is -2.19. The highest BCUT2D eigenvalue weighted by atomic mass is 127. The van der Waals surface area contributed by atoms with Crippen LogP contribution in [0.2, 0.25) is 0 Å². The average molecular weight is 391 g/mol. The van der Waals surface area contributed by atoms with Crippen LogP contribution in [0.25, 0.3) is 0 Å². The van der Waals surface area contributed by atoms with Crippen molar-refractivity contribution in [2.45, 2.75) is 6.92 Å². The van der Waals surface area contributed by atoms with E-state index in [1.165, 1.54) is 0 Å². The van der Waals surface area contributed by atoms with E-state index in [1.54, 1.807) is 23.5 Å². The maximum atomic E-state index is 11.8. The fourth-order valence-corrected chi connectivity index (χ4v) is 2.90. The summed E-state index contributed by atoms with van der Waals surface area (Å²) in [7, 11) is 0. The van der Waals surface area contributed by atoms with Crippen molar-refractivity contribution in [2.24, 2.45) is 0 Å². The van der Waals surface area contributed by atoms with Crippen molar-refractivity contribution in [3.63, 3.8) is 0 Å². The first-order valence-electron chi connectivity index (χ1n) is 5.10. The van der Waals surface area contributed by atoms with Crippen LogP contribution in [-0.4, -0.2) is 44.8 Å². The molecule has 0 unspecified atom stereocenters. The van der Waals surface area contributed by atoms with E-state index in [1.807, 2.05) is 42.3 Å². The zero-order valence-corrected chi connectivity index (χ0v) is 14.0. The Morgan fingerprint density at radius 3 is 2.41 bits per heavy atom. The molecule has 0 bridgehead atoms. The predicted molar refractivity (Wildman–Crippen MR) is 83.5 cm³/mol. The number of esters is 1. The maximum absolute atomic E-state index is 11.8. The fourth-order valence-electron chi connectivity index (χ4n) is 1.05.